The van der Waals surface area contributed by atoms with E-state index >= 15 is 0 Å². The summed E-state index contributed by atoms with van der Waals surface area (Å²) < 4.78 is 18.1. The minimum atomic E-state index is -0.0801. The van der Waals surface area contributed by atoms with Crippen LogP contribution in [0.25, 0.3) is 0 Å². The van der Waals surface area contributed by atoms with Crippen LogP contribution in [-0.2, 0) is 4.74 Å². The van der Waals surface area contributed by atoms with E-state index in [1.54, 1.807) is 0 Å². The van der Waals surface area contributed by atoms with Gasteiger partial charge in [-0.2, -0.15) is 0 Å². The van der Waals surface area contributed by atoms with Gasteiger partial charge in [-0.15, -0.1) is 0 Å². The van der Waals surface area contributed by atoms with Crippen molar-refractivity contribution in [3.63, 3.8) is 0 Å². The van der Waals surface area contributed by atoms with Gasteiger partial charge in [0.15, 0.2) is 0 Å². The molecule has 0 bridgehead atoms. The molecule has 1 aliphatic heterocycles. The third-order valence-electron chi connectivity index (χ3n) is 2.29. The fraction of sp³-hybridized carbons (Fsp3) is 0.400. The van der Waals surface area contributed by atoms with Crippen LogP contribution in [0.4, 0.5) is 4.39 Å². The highest BCUT2D eigenvalue weighted by Gasteiger charge is 2.20. The van der Waals surface area contributed by atoms with Crippen LogP contribution in [0.5, 0.6) is 0 Å². The van der Waals surface area contributed by atoms with E-state index in [2.05, 4.69) is 6.58 Å². The van der Waals surface area contributed by atoms with Crippen molar-refractivity contribution in [3.05, 3.63) is 35.4 Å². The Bertz CT molecular complexity index is 286. The zero-order valence-corrected chi connectivity index (χ0v) is 6.90. The average Bonchev–Trinajstić information content (AvgIpc) is 2.04. The summed E-state index contributed by atoms with van der Waals surface area (Å²) in [4.78, 5) is 0. The van der Waals surface area contributed by atoms with Gasteiger partial charge >= 0.3 is 0 Å². The van der Waals surface area contributed by atoms with Crippen LogP contribution in [0, 0.1) is 0 Å². The molecule has 0 spiro atoms. The van der Waals surface area contributed by atoms with E-state index in [1.807, 2.05) is 0 Å². The van der Waals surface area contributed by atoms with Gasteiger partial charge in [0.05, 0.1) is 6.61 Å². The Morgan fingerprint density at radius 2 is 2.17 bits per heavy atom. The van der Waals surface area contributed by atoms with Crippen molar-refractivity contribution >= 4 is 0 Å². The molecule has 12 heavy (non-hydrogen) atoms. The van der Waals surface area contributed by atoms with Crippen molar-refractivity contribution in [2.75, 3.05) is 6.61 Å². The minimum Gasteiger partial charge on any atom is -0.493 e. The fourth-order valence-electron chi connectivity index (χ4n) is 1.58. The van der Waals surface area contributed by atoms with Crippen molar-refractivity contribution in [2.24, 2.45) is 0 Å². The summed E-state index contributed by atoms with van der Waals surface area (Å²) in [6.45, 7) is 4.57. The van der Waals surface area contributed by atoms with Crippen LogP contribution in [0.15, 0.2) is 35.4 Å². The Hall–Kier alpha value is -1.05. The summed E-state index contributed by atoms with van der Waals surface area (Å²) >= 11 is 0. The topological polar surface area (TPSA) is 9.23 Å². The summed E-state index contributed by atoms with van der Waals surface area (Å²) in [5, 5.41) is 0. The SMILES string of the molecule is C=C1CCOC2=C1CCC(F)=C2. The number of halogens is 1. The van der Waals surface area contributed by atoms with E-state index in [0.29, 0.717) is 18.8 Å². The van der Waals surface area contributed by atoms with Crippen molar-refractivity contribution in [1.29, 1.82) is 0 Å². The summed E-state index contributed by atoms with van der Waals surface area (Å²) in [5.41, 5.74) is 2.22. The molecule has 0 amide bonds. The molecule has 0 aromatic carbocycles. The summed E-state index contributed by atoms with van der Waals surface area (Å²) in [5.74, 6) is 0.624. The van der Waals surface area contributed by atoms with Gasteiger partial charge < -0.3 is 4.74 Å². The first kappa shape index (κ1) is 7.59. The van der Waals surface area contributed by atoms with Crippen LogP contribution in [0.1, 0.15) is 19.3 Å². The molecule has 0 N–H and O–H groups in total. The van der Waals surface area contributed by atoms with Crippen LogP contribution in [-0.4, -0.2) is 6.61 Å². The molecule has 1 aliphatic carbocycles. The molecule has 0 fully saturated rings. The van der Waals surface area contributed by atoms with Gasteiger partial charge in [-0.1, -0.05) is 6.58 Å². The van der Waals surface area contributed by atoms with Gasteiger partial charge in [0.1, 0.15) is 11.6 Å². The van der Waals surface area contributed by atoms with Crippen LogP contribution in [0.3, 0.4) is 0 Å². The Morgan fingerprint density at radius 1 is 1.33 bits per heavy atom. The highest BCUT2D eigenvalue weighted by atomic mass is 19.1. The molecule has 2 rings (SSSR count). The lowest BCUT2D eigenvalue weighted by atomic mass is 9.93. The largest absolute Gasteiger partial charge is 0.493 e. The smallest absolute Gasteiger partial charge is 0.125 e. The molecule has 1 nitrogen and oxygen atoms in total. The standard InChI is InChI=1S/C10H11FO/c1-7-4-5-12-10-6-8(11)2-3-9(7)10/h6H,1-5H2. The Kier molecular flexibility index (Phi) is 1.75. The molecule has 0 atom stereocenters. The number of allylic oxidation sites excluding steroid dienone is 3. The fourth-order valence-corrected chi connectivity index (χ4v) is 1.58. The van der Waals surface area contributed by atoms with Crippen LogP contribution in [0.2, 0.25) is 0 Å². The first-order valence-corrected chi connectivity index (χ1v) is 4.17. The zero-order chi connectivity index (χ0) is 8.55. The Balaban J connectivity index is 2.36. The molecule has 0 saturated carbocycles. The third kappa shape index (κ3) is 1.17. The lowest BCUT2D eigenvalue weighted by molar-refractivity contribution is 0.209. The van der Waals surface area contributed by atoms with Crippen molar-refractivity contribution < 1.29 is 9.13 Å². The van der Waals surface area contributed by atoms with E-state index in [4.69, 9.17) is 4.74 Å². The van der Waals surface area contributed by atoms with Gasteiger partial charge in [0.25, 0.3) is 0 Å². The maximum atomic E-state index is 12.8. The number of rotatable bonds is 0. The molecule has 2 aliphatic rings. The second kappa shape index (κ2) is 2.77. The number of ether oxygens (including phenoxy) is 1. The highest BCUT2D eigenvalue weighted by molar-refractivity contribution is 5.40. The predicted octanol–water partition coefficient (Wildman–Crippen LogP) is 2.86. The van der Waals surface area contributed by atoms with E-state index in [1.165, 1.54) is 6.08 Å². The molecular weight excluding hydrogens is 155 g/mol. The third-order valence-corrected chi connectivity index (χ3v) is 2.29. The minimum absolute atomic E-state index is 0.0801. The summed E-state index contributed by atoms with van der Waals surface area (Å²) in [6, 6.07) is 0. The molecule has 0 aromatic rings. The van der Waals surface area contributed by atoms with Crippen LogP contribution >= 0.6 is 0 Å². The van der Waals surface area contributed by atoms with Gasteiger partial charge in [-0.05, 0) is 17.6 Å². The van der Waals surface area contributed by atoms with Crippen molar-refractivity contribution in [3.8, 4) is 0 Å². The maximum Gasteiger partial charge on any atom is 0.125 e. The molecule has 0 radical (unpaired) electrons. The zero-order valence-electron chi connectivity index (χ0n) is 6.90. The van der Waals surface area contributed by atoms with Crippen molar-refractivity contribution in [1.82, 2.24) is 0 Å². The lowest BCUT2D eigenvalue weighted by Gasteiger charge is -2.24. The van der Waals surface area contributed by atoms with Gasteiger partial charge in [0.2, 0.25) is 0 Å². The summed E-state index contributed by atoms with van der Waals surface area (Å²) in [6.07, 6.45) is 3.62. The van der Waals surface area contributed by atoms with E-state index in [0.717, 1.165) is 24.0 Å². The molecule has 0 saturated heterocycles. The van der Waals surface area contributed by atoms with E-state index in [-0.39, 0.29) is 5.83 Å². The lowest BCUT2D eigenvalue weighted by Crippen LogP contribution is -2.10. The monoisotopic (exact) mass is 166 g/mol. The van der Waals surface area contributed by atoms with E-state index in [9.17, 15) is 4.39 Å². The molecule has 0 unspecified atom stereocenters. The predicted molar refractivity (Wildman–Crippen MR) is 45.2 cm³/mol. The number of hydrogen-bond acceptors (Lipinski definition) is 1. The quantitative estimate of drug-likeness (QED) is 0.537. The first-order chi connectivity index (χ1) is 5.77. The normalized spacial score (nSPS) is 23.1. The maximum absolute atomic E-state index is 12.8. The van der Waals surface area contributed by atoms with E-state index < -0.39 is 0 Å². The van der Waals surface area contributed by atoms with Crippen LogP contribution < -0.4 is 0 Å². The number of hydrogen-bond donors (Lipinski definition) is 0. The highest BCUT2D eigenvalue weighted by Crippen LogP contribution is 2.33. The van der Waals surface area contributed by atoms with Gasteiger partial charge in [-0.3, -0.25) is 0 Å². The molecular formula is C10H11FO. The molecule has 2 heteroatoms. The molecule has 64 valence electrons. The Labute approximate surface area is 71.2 Å². The first-order valence-electron chi connectivity index (χ1n) is 4.17. The second-order valence-electron chi connectivity index (χ2n) is 3.14. The molecule has 1 heterocycles. The van der Waals surface area contributed by atoms with Gasteiger partial charge in [-0.25, -0.2) is 4.39 Å². The summed E-state index contributed by atoms with van der Waals surface area (Å²) in [7, 11) is 0. The second-order valence-corrected chi connectivity index (χ2v) is 3.14. The van der Waals surface area contributed by atoms with Crippen molar-refractivity contribution in [2.45, 2.75) is 19.3 Å². The van der Waals surface area contributed by atoms with Gasteiger partial charge in [0, 0.05) is 18.9 Å². The Morgan fingerprint density at radius 3 is 3.00 bits per heavy atom. The average molecular weight is 166 g/mol. The molecule has 0 aromatic heterocycles.